The van der Waals surface area contributed by atoms with Crippen molar-refractivity contribution in [3.63, 3.8) is 0 Å². The highest BCUT2D eigenvalue weighted by Crippen LogP contribution is 2.23. The summed E-state index contributed by atoms with van der Waals surface area (Å²) in [7, 11) is 2.18. The number of likely N-dealkylation sites (N-methyl/N-ethyl adjacent to an activating group) is 1. The lowest BCUT2D eigenvalue weighted by Gasteiger charge is -2.23. The molecule has 0 fully saturated rings. The Labute approximate surface area is 105 Å². The highest BCUT2D eigenvalue weighted by molar-refractivity contribution is 7.10. The summed E-state index contributed by atoms with van der Waals surface area (Å²) in [6.45, 7) is 3.32. The molecule has 0 spiro atoms. The molecule has 2 nitrogen and oxygen atoms in total. The van der Waals surface area contributed by atoms with E-state index >= 15 is 0 Å². The summed E-state index contributed by atoms with van der Waals surface area (Å²) in [6.07, 6.45) is 1.04. The lowest BCUT2D eigenvalue weighted by Crippen LogP contribution is -2.24. The van der Waals surface area contributed by atoms with Crippen molar-refractivity contribution in [2.45, 2.75) is 19.4 Å². The first-order chi connectivity index (χ1) is 7.77. The third kappa shape index (κ3) is 2.90. The predicted molar refractivity (Wildman–Crippen MR) is 71.2 cm³/mol. The van der Waals surface area contributed by atoms with Crippen molar-refractivity contribution in [2.75, 3.05) is 13.6 Å². The number of hydrogen-bond acceptors (Lipinski definition) is 4. The van der Waals surface area contributed by atoms with Gasteiger partial charge in [-0.1, -0.05) is 6.07 Å². The first-order valence-electron chi connectivity index (χ1n) is 5.38. The average Bonchev–Trinajstić information content (AvgIpc) is 2.96. The quantitative estimate of drug-likeness (QED) is 0.810. The standard InChI is InChI=1S/C12H16N2S2/c1-10(12-4-3-7-16-12)14(2)6-5-11-8-15-9-13-11/h3-4,7-10H,5-6H2,1-2H3/t10-/m0/s1. The molecular weight excluding hydrogens is 236 g/mol. The molecule has 0 saturated heterocycles. The SMILES string of the molecule is C[C@@H](c1cccs1)N(C)CCc1cscn1. The molecule has 0 aliphatic rings. The monoisotopic (exact) mass is 252 g/mol. The van der Waals surface area contributed by atoms with Crippen LogP contribution in [0.15, 0.2) is 28.4 Å². The summed E-state index contributed by atoms with van der Waals surface area (Å²) in [5.74, 6) is 0. The van der Waals surface area contributed by atoms with Crippen molar-refractivity contribution in [3.8, 4) is 0 Å². The van der Waals surface area contributed by atoms with E-state index in [1.165, 1.54) is 10.6 Å². The van der Waals surface area contributed by atoms with Gasteiger partial charge in [-0.15, -0.1) is 22.7 Å². The summed E-state index contributed by atoms with van der Waals surface area (Å²) in [5, 5.41) is 4.27. The molecule has 2 aromatic rings. The minimum atomic E-state index is 0.499. The molecule has 2 aromatic heterocycles. The normalized spacial score (nSPS) is 13.2. The van der Waals surface area contributed by atoms with Gasteiger partial charge in [0.15, 0.2) is 0 Å². The zero-order chi connectivity index (χ0) is 11.4. The summed E-state index contributed by atoms with van der Waals surface area (Å²) < 4.78 is 0. The Balaban J connectivity index is 1.86. The van der Waals surface area contributed by atoms with Crippen LogP contribution in [0.4, 0.5) is 0 Å². The van der Waals surface area contributed by atoms with Crippen LogP contribution in [-0.4, -0.2) is 23.5 Å². The van der Waals surface area contributed by atoms with Crippen molar-refractivity contribution in [2.24, 2.45) is 0 Å². The Morgan fingerprint density at radius 1 is 1.50 bits per heavy atom. The molecule has 0 unspecified atom stereocenters. The topological polar surface area (TPSA) is 16.1 Å². The molecule has 2 heterocycles. The van der Waals surface area contributed by atoms with E-state index in [1.807, 2.05) is 16.8 Å². The maximum atomic E-state index is 4.30. The van der Waals surface area contributed by atoms with E-state index in [4.69, 9.17) is 0 Å². The second-order valence-corrected chi connectivity index (χ2v) is 5.60. The molecule has 0 aliphatic heterocycles. The first kappa shape index (κ1) is 11.8. The van der Waals surface area contributed by atoms with Gasteiger partial charge in [-0.25, -0.2) is 4.98 Å². The third-order valence-electron chi connectivity index (χ3n) is 2.82. The van der Waals surface area contributed by atoms with Gasteiger partial charge >= 0.3 is 0 Å². The van der Waals surface area contributed by atoms with Crippen molar-refractivity contribution in [1.29, 1.82) is 0 Å². The smallest absolute Gasteiger partial charge is 0.0794 e. The highest BCUT2D eigenvalue weighted by atomic mass is 32.1. The van der Waals surface area contributed by atoms with E-state index in [2.05, 4.69) is 46.7 Å². The van der Waals surface area contributed by atoms with E-state index < -0.39 is 0 Å². The molecule has 86 valence electrons. The van der Waals surface area contributed by atoms with Crippen LogP contribution >= 0.6 is 22.7 Å². The van der Waals surface area contributed by atoms with Gasteiger partial charge in [-0.3, -0.25) is 4.90 Å². The van der Waals surface area contributed by atoms with Gasteiger partial charge in [0.25, 0.3) is 0 Å². The summed E-state index contributed by atoms with van der Waals surface area (Å²) in [5.41, 5.74) is 3.10. The summed E-state index contributed by atoms with van der Waals surface area (Å²) in [6, 6.07) is 4.82. The van der Waals surface area contributed by atoms with Gasteiger partial charge in [-0.2, -0.15) is 0 Å². The number of hydrogen-bond donors (Lipinski definition) is 0. The van der Waals surface area contributed by atoms with E-state index in [1.54, 1.807) is 11.3 Å². The van der Waals surface area contributed by atoms with E-state index in [-0.39, 0.29) is 0 Å². The molecule has 0 aliphatic carbocycles. The Hall–Kier alpha value is -0.710. The molecule has 0 saturated carbocycles. The second kappa shape index (κ2) is 5.57. The van der Waals surface area contributed by atoms with Crippen molar-refractivity contribution >= 4 is 22.7 Å². The minimum Gasteiger partial charge on any atom is -0.298 e. The molecule has 0 N–H and O–H groups in total. The average molecular weight is 252 g/mol. The number of thiophene rings is 1. The zero-order valence-electron chi connectivity index (χ0n) is 9.59. The maximum absolute atomic E-state index is 4.30. The predicted octanol–water partition coefficient (Wildman–Crippen LogP) is 3.44. The fraction of sp³-hybridized carbons (Fsp3) is 0.417. The van der Waals surface area contributed by atoms with Gasteiger partial charge in [0.1, 0.15) is 0 Å². The molecule has 0 amide bonds. The number of nitrogens with zero attached hydrogens (tertiary/aromatic N) is 2. The summed E-state index contributed by atoms with van der Waals surface area (Å²) >= 11 is 3.50. The zero-order valence-corrected chi connectivity index (χ0v) is 11.2. The van der Waals surface area contributed by atoms with Crippen LogP contribution in [0.2, 0.25) is 0 Å². The van der Waals surface area contributed by atoms with Crippen LogP contribution in [0.3, 0.4) is 0 Å². The Kier molecular flexibility index (Phi) is 4.09. The molecule has 2 rings (SSSR count). The van der Waals surface area contributed by atoms with E-state index in [9.17, 15) is 0 Å². The van der Waals surface area contributed by atoms with Gasteiger partial charge in [0, 0.05) is 29.3 Å². The fourth-order valence-electron chi connectivity index (χ4n) is 1.59. The van der Waals surface area contributed by atoms with E-state index in [0.29, 0.717) is 6.04 Å². The van der Waals surface area contributed by atoms with Gasteiger partial charge in [-0.05, 0) is 25.4 Å². The van der Waals surface area contributed by atoms with Crippen LogP contribution in [0, 0.1) is 0 Å². The fourth-order valence-corrected chi connectivity index (χ4v) is 3.03. The van der Waals surface area contributed by atoms with Gasteiger partial charge in [0.05, 0.1) is 11.2 Å². The molecule has 16 heavy (non-hydrogen) atoms. The number of thiazole rings is 1. The molecule has 4 heteroatoms. The highest BCUT2D eigenvalue weighted by Gasteiger charge is 2.12. The molecule has 1 atom stereocenters. The molecule has 0 radical (unpaired) electrons. The van der Waals surface area contributed by atoms with Crippen molar-refractivity contribution < 1.29 is 0 Å². The first-order valence-corrected chi connectivity index (χ1v) is 7.20. The van der Waals surface area contributed by atoms with Crippen LogP contribution in [0.25, 0.3) is 0 Å². The van der Waals surface area contributed by atoms with Crippen LogP contribution < -0.4 is 0 Å². The number of aromatic nitrogens is 1. The largest absolute Gasteiger partial charge is 0.298 e. The molecule has 0 aromatic carbocycles. The van der Waals surface area contributed by atoms with Crippen LogP contribution in [-0.2, 0) is 6.42 Å². The van der Waals surface area contributed by atoms with E-state index in [0.717, 1.165) is 13.0 Å². The maximum Gasteiger partial charge on any atom is 0.0794 e. The minimum absolute atomic E-state index is 0.499. The molecule has 0 bridgehead atoms. The Bertz CT molecular complexity index is 395. The second-order valence-electron chi connectivity index (χ2n) is 3.90. The van der Waals surface area contributed by atoms with Crippen molar-refractivity contribution in [3.05, 3.63) is 39.0 Å². The lowest BCUT2D eigenvalue weighted by molar-refractivity contribution is 0.267. The number of rotatable bonds is 5. The summed E-state index contributed by atoms with van der Waals surface area (Å²) in [4.78, 5) is 8.12. The Morgan fingerprint density at radius 3 is 3.00 bits per heavy atom. The molecular formula is C12H16N2S2. The van der Waals surface area contributed by atoms with Crippen LogP contribution in [0.5, 0.6) is 0 Å². The van der Waals surface area contributed by atoms with Gasteiger partial charge in [0.2, 0.25) is 0 Å². The van der Waals surface area contributed by atoms with Gasteiger partial charge < -0.3 is 0 Å². The lowest BCUT2D eigenvalue weighted by atomic mass is 10.2. The van der Waals surface area contributed by atoms with Crippen molar-refractivity contribution in [1.82, 2.24) is 9.88 Å². The Morgan fingerprint density at radius 2 is 2.38 bits per heavy atom. The van der Waals surface area contributed by atoms with Crippen LogP contribution in [0.1, 0.15) is 23.5 Å². The third-order valence-corrected chi connectivity index (χ3v) is 4.50.